The summed E-state index contributed by atoms with van der Waals surface area (Å²) in [5.74, 6) is 0.440. The summed E-state index contributed by atoms with van der Waals surface area (Å²) in [6.45, 7) is 9.52. The predicted molar refractivity (Wildman–Crippen MR) is 110 cm³/mol. The average molecular weight is 398 g/mol. The first-order chi connectivity index (χ1) is 13.3. The van der Waals surface area contributed by atoms with Crippen molar-refractivity contribution in [3.05, 3.63) is 0 Å². The number of nitrogens with one attached hydrogen (secondary N) is 1. The molecule has 2 rings (SSSR count). The highest BCUT2D eigenvalue weighted by molar-refractivity contribution is 5.74. The number of likely N-dealkylation sites (N-methyl/N-ethyl adjacent to an activating group) is 1. The van der Waals surface area contributed by atoms with Crippen LogP contribution in [0.25, 0.3) is 0 Å². The van der Waals surface area contributed by atoms with Gasteiger partial charge in [0.15, 0.2) is 0 Å². The van der Waals surface area contributed by atoms with Gasteiger partial charge in [0.1, 0.15) is 0 Å². The molecule has 2 aliphatic heterocycles. The molecular weight excluding hydrogens is 358 g/mol. The van der Waals surface area contributed by atoms with E-state index in [1.807, 2.05) is 11.9 Å². The molecule has 0 saturated carbocycles. The van der Waals surface area contributed by atoms with Crippen molar-refractivity contribution in [3.63, 3.8) is 0 Å². The SMILES string of the molecule is CC(C)CNC(=O)N(C)CCN(C1CCOCC1)C1CCN(C(=O)N(C)C)C1. The van der Waals surface area contributed by atoms with E-state index in [2.05, 4.69) is 24.1 Å². The second kappa shape index (κ2) is 10.9. The van der Waals surface area contributed by atoms with Gasteiger partial charge in [0, 0.05) is 79.2 Å². The van der Waals surface area contributed by atoms with Crippen LogP contribution < -0.4 is 5.32 Å². The van der Waals surface area contributed by atoms with E-state index < -0.39 is 0 Å². The fourth-order valence-corrected chi connectivity index (χ4v) is 3.94. The Kier molecular flexibility index (Phi) is 8.82. The van der Waals surface area contributed by atoms with Crippen LogP contribution in [0.4, 0.5) is 9.59 Å². The Balaban J connectivity index is 1.94. The summed E-state index contributed by atoms with van der Waals surface area (Å²) in [5.41, 5.74) is 0. The number of carbonyl (C=O) groups excluding carboxylic acids is 2. The Hall–Kier alpha value is -1.54. The molecule has 2 fully saturated rings. The molecule has 0 spiro atoms. The Labute approximate surface area is 170 Å². The average Bonchev–Trinajstić information content (AvgIpc) is 3.15. The number of amides is 4. The Bertz CT molecular complexity index is 508. The Morgan fingerprint density at radius 3 is 2.36 bits per heavy atom. The molecule has 2 aliphatic rings. The fourth-order valence-electron chi connectivity index (χ4n) is 3.94. The molecule has 0 aromatic rings. The molecule has 0 aromatic heterocycles. The van der Waals surface area contributed by atoms with Gasteiger partial charge in [-0.05, 0) is 25.2 Å². The lowest BCUT2D eigenvalue weighted by Crippen LogP contribution is -2.51. The summed E-state index contributed by atoms with van der Waals surface area (Å²) in [6, 6.07) is 0.871. The van der Waals surface area contributed by atoms with E-state index in [0.717, 1.165) is 52.1 Å². The maximum absolute atomic E-state index is 12.3. The molecule has 1 unspecified atom stereocenters. The molecule has 0 aromatic carbocycles. The van der Waals surface area contributed by atoms with Crippen LogP contribution in [-0.2, 0) is 4.74 Å². The lowest BCUT2D eigenvalue weighted by molar-refractivity contribution is 0.0163. The molecule has 162 valence electrons. The molecule has 1 N–H and O–H groups in total. The number of ether oxygens (including phenoxy) is 1. The van der Waals surface area contributed by atoms with Crippen molar-refractivity contribution >= 4 is 12.1 Å². The highest BCUT2D eigenvalue weighted by atomic mass is 16.5. The van der Waals surface area contributed by atoms with E-state index in [4.69, 9.17) is 4.74 Å². The van der Waals surface area contributed by atoms with E-state index in [9.17, 15) is 9.59 Å². The van der Waals surface area contributed by atoms with Gasteiger partial charge in [-0.2, -0.15) is 0 Å². The number of hydrogen-bond donors (Lipinski definition) is 1. The van der Waals surface area contributed by atoms with Crippen molar-refractivity contribution in [3.8, 4) is 0 Å². The number of hydrogen-bond acceptors (Lipinski definition) is 4. The van der Waals surface area contributed by atoms with Crippen LogP contribution >= 0.6 is 0 Å². The molecule has 0 radical (unpaired) electrons. The van der Waals surface area contributed by atoms with Crippen molar-refractivity contribution in [1.82, 2.24) is 24.9 Å². The highest BCUT2D eigenvalue weighted by Gasteiger charge is 2.35. The minimum Gasteiger partial charge on any atom is -0.381 e. The zero-order chi connectivity index (χ0) is 20.7. The molecular formula is C20H39N5O3. The number of carbonyl (C=O) groups is 2. The van der Waals surface area contributed by atoms with E-state index in [1.54, 1.807) is 23.9 Å². The molecule has 4 amide bonds. The maximum Gasteiger partial charge on any atom is 0.319 e. The fraction of sp³-hybridized carbons (Fsp3) is 0.900. The molecule has 8 heteroatoms. The molecule has 2 saturated heterocycles. The van der Waals surface area contributed by atoms with Crippen molar-refractivity contribution in [2.45, 2.75) is 45.2 Å². The summed E-state index contributed by atoms with van der Waals surface area (Å²) in [6.07, 6.45) is 3.02. The van der Waals surface area contributed by atoms with Crippen molar-refractivity contribution in [2.75, 3.05) is 67.1 Å². The van der Waals surface area contributed by atoms with E-state index in [0.29, 0.717) is 31.1 Å². The maximum atomic E-state index is 12.3. The molecule has 0 aliphatic carbocycles. The number of urea groups is 2. The third-order valence-corrected chi connectivity index (χ3v) is 5.65. The smallest absolute Gasteiger partial charge is 0.319 e. The van der Waals surface area contributed by atoms with Crippen LogP contribution in [0.5, 0.6) is 0 Å². The van der Waals surface area contributed by atoms with E-state index in [-0.39, 0.29) is 12.1 Å². The zero-order valence-corrected chi connectivity index (χ0v) is 18.3. The third kappa shape index (κ3) is 6.51. The van der Waals surface area contributed by atoms with Crippen LogP contribution in [-0.4, -0.2) is 111 Å². The first-order valence-corrected chi connectivity index (χ1v) is 10.6. The van der Waals surface area contributed by atoms with E-state index in [1.165, 1.54) is 0 Å². The van der Waals surface area contributed by atoms with Gasteiger partial charge in [0.05, 0.1) is 0 Å². The van der Waals surface area contributed by atoms with E-state index >= 15 is 0 Å². The third-order valence-electron chi connectivity index (χ3n) is 5.65. The molecule has 28 heavy (non-hydrogen) atoms. The van der Waals surface area contributed by atoms with Crippen LogP contribution in [0.15, 0.2) is 0 Å². The number of rotatable bonds is 7. The Morgan fingerprint density at radius 2 is 1.75 bits per heavy atom. The molecule has 8 nitrogen and oxygen atoms in total. The summed E-state index contributed by atoms with van der Waals surface area (Å²) in [5, 5.41) is 2.98. The highest BCUT2D eigenvalue weighted by Crippen LogP contribution is 2.23. The normalized spacial score (nSPS) is 20.7. The topological polar surface area (TPSA) is 68.4 Å². The van der Waals surface area contributed by atoms with Crippen LogP contribution in [0.3, 0.4) is 0 Å². The summed E-state index contributed by atoms with van der Waals surface area (Å²) < 4.78 is 5.55. The van der Waals surface area contributed by atoms with Gasteiger partial charge in [0.25, 0.3) is 0 Å². The second-order valence-electron chi connectivity index (χ2n) is 8.65. The predicted octanol–water partition coefficient (Wildman–Crippen LogP) is 1.52. The largest absolute Gasteiger partial charge is 0.381 e. The summed E-state index contributed by atoms with van der Waals surface area (Å²) in [4.78, 5) is 32.5. The first-order valence-electron chi connectivity index (χ1n) is 10.6. The minimum atomic E-state index is -0.0172. The Morgan fingerprint density at radius 1 is 1.07 bits per heavy atom. The van der Waals surface area contributed by atoms with Crippen molar-refractivity contribution in [1.29, 1.82) is 0 Å². The summed E-state index contributed by atoms with van der Waals surface area (Å²) >= 11 is 0. The molecule has 2 heterocycles. The molecule has 0 bridgehead atoms. The van der Waals surface area contributed by atoms with Gasteiger partial charge in [-0.1, -0.05) is 13.8 Å². The van der Waals surface area contributed by atoms with Gasteiger partial charge in [-0.3, -0.25) is 4.90 Å². The minimum absolute atomic E-state index is 0.0172. The van der Waals surface area contributed by atoms with Gasteiger partial charge in [-0.15, -0.1) is 0 Å². The van der Waals surface area contributed by atoms with Gasteiger partial charge < -0.3 is 24.8 Å². The van der Waals surface area contributed by atoms with Gasteiger partial charge >= 0.3 is 12.1 Å². The lowest BCUT2D eigenvalue weighted by Gasteiger charge is -2.39. The monoisotopic (exact) mass is 397 g/mol. The first kappa shape index (κ1) is 22.7. The number of nitrogens with zero attached hydrogens (tertiary/aromatic N) is 4. The number of likely N-dealkylation sites (tertiary alicyclic amines) is 1. The lowest BCUT2D eigenvalue weighted by atomic mass is 10.0. The molecule has 1 atom stereocenters. The quantitative estimate of drug-likeness (QED) is 0.707. The second-order valence-corrected chi connectivity index (χ2v) is 8.65. The van der Waals surface area contributed by atoms with Crippen molar-refractivity contribution < 1.29 is 14.3 Å². The van der Waals surface area contributed by atoms with Crippen LogP contribution in [0.2, 0.25) is 0 Å². The van der Waals surface area contributed by atoms with Crippen LogP contribution in [0.1, 0.15) is 33.1 Å². The zero-order valence-electron chi connectivity index (χ0n) is 18.3. The van der Waals surface area contributed by atoms with Crippen molar-refractivity contribution in [2.24, 2.45) is 5.92 Å². The summed E-state index contributed by atoms with van der Waals surface area (Å²) in [7, 11) is 5.46. The van der Waals surface area contributed by atoms with Gasteiger partial charge in [-0.25, -0.2) is 9.59 Å². The standard InChI is InChI=1S/C20H39N5O3/c1-16(2)14-21-19(26)23(5)10-11-25(17-7-12-28-13-8-17)18-6-9-24(15-18)20(27)22(3)4/h16-18H,6-15H2,1-5H3,(H,21,26). The van der Waals surface area contributed by atoms with Crippen LogP contribution in [0, 0.1) is 5.92 Å². The van der Waals surface area contributed by atoms with Gasteiger partial charge in [0.2, 0.25) is 0 Å².